The van der Waals surface area contributed by atoms with Crippen LogP contribution in [0.15, 0.2) is 18.2 Å². The lowest BCUT2D eigenvalue weighted by atomic mass is 9.96. The Morgan fingerprint density at radius 2 is 1.79 bits per heavy atom. The summed E-state index contributed by atoms with van der Waals surface area (Å²) >= 11 is 5.04. The van der Waals surface area contributed by atoms with Crippen molar-refractivity contribution in [2.45, 2.75) is 57.9 Å². The highest BCUT2D eigenvalue weighted by Gasteiger charge is 2.11. The minimum atomic E-state index is 0.481. The molecule has 2 rings (SSSR count). The first-order chi connectivity index (χ1) is 9.16. The largest absolute Gasteiger partial charge is 0.389 e. The minimum absolute atomic E-state index is 0.481. The fourth-order valence-corrected chi connectivity index (χ4v) is 3.10. The van der Waals surface area contributed by atoms with Crippen LogP contribution in [0.5, 0.6) is 0 Å². The second-order valence-electron chi connectivity index (χ2n) is 5.58. The van der Waals surface area contributed by atoms with E-state index in [0.29, 0.717) is 11.0 Å². The monoisotopic (exact) mass is 276 g/mol. The zero-order chi connectivity index (χ0) is 13.7. The molecular weight excluding hydrogens is 252 g/mol. The van der Waals surface area contributed by atoms with Crippen molar-refractivity contribution in [3.63, 3.8) is 0 Å². The Balaban J connectivity index is 2.01. The van der Waals surface area contributed by atoms with Crippen molar-refractivity contribution in [3.8, 4) is 0 Å². The minimum Gasteiger partial charge on any atom is -0.389 e. The number of aryl methyl sites for hydroxylation is 1. The molecule has 3 heteroatoms. The highest BCUT2D eigenvalue weighted by molar-refractivity contribution is 7.80. The van der Waals surface area contributed by atoms with Crippen LogP contribution in [0.1, 0.15) is 56.1 Å². The van der Waals surface area contributed by atoms with Crippen molar-refractivity contribution in [1.29, 1.82) is 0 Å². The van der Waals surface area contributed by atoms with E-state index in [1.165, 1.54) is 50.6 Å². The third-order valence-electron chi connectivity index (χ3n) is 3.97. The molecule has 3 N–H and O–H groups in total. The van der Waals surface area contributed by atoms with Crippen LogP contribution in [0.4, 0.5) is 5.69 Å². The van der Waals surface area contributed by atoms with Gasteiger partial charge in [-0.3, -0.25) is 0 Å². The number of rotatable bonds is 3. The molecule has 1 aliphatic carbocycles. The maximum Gasteiger partial charge on any atom is 0.104 e. The number of nitrogens with two attached hydrogens (primary N) is 1. The summed E-state index contributed by atoms with van der Waals surface area (Å²) in [5, 5.41) is 3.67. The van der Waals surface area contributed by atoms with Gasteiger partial charge in [-0.25, -0.2) is 0 Å². The summed E-state index contributed by atoms with van der Waals surface area (Å²) in [6.45, 7) is 2.07. The van der Waals surface area contributed by atoms with E-state index in [9.17, 15) is 0 Å². The van der Waals surface area contributed by atoms with Crippen LogP contribution in [-0.2, 0) is 0 Å². The predicted octanol–water partition coefficient (Wildman–Crippen LogP) is 4.15. The van der Waals surface area contributed by atoms with Gasteiger partial charge in [0.2, 0.25) is 0 Å². The molecule has 0 amide bonds. The fraction of sp³-hybridized carbons (Fsp3) is 0.562. The molecule has 19 heavy (non-hydrogen) atoms. The van der Waals surface area contributed by atoms with Crippen LogP contribution in [0.2, 0.25) is 0 Å². The lowest BCUT2D eigenvalue weighted by Gasteiger charge is -2.22. The molecule has 0 unspecified atom stereocenters. The number of hydrogen-bond donors (Lipinski definition) is 2. The van der Waals surface area contributed by atoms with E-state index in [2.05, 4.69) is 24.4 Å². The van der Waals surface area contributed by atoms with Crippen LogP contribution in [0, 0.1) is 6.92 Å². The molecule has 1 aliphatic rings. The fourth-order valence-electron chi connectivity index (χ4n) is 2.87. The maximum atomic E-state index is 5.70. The number of thiocarbonyl (C=S) groups is 1. The topological polar surface area (TPSA) is 38.0 Å². The predicted molar refractivity (Wildman–Crippen MR) is 86.8 cm³/mol. The van der Waals surface area contributed by atoms with Gasteiger partial charge in [0.15, 0.2) is 0 Å². The highest BCUT2D eigenvalue weighted by Crippen LogP contribution is 2.22. The molecule has 1 aromatic rings. The van der Waals surface area contributed by atoms with Gasteiger partial charge in [0.05, 0.1) is 0 Å². The molecule has 0 aromatic heterocycles. The standard InChI is InChI=1S/C16H24N2S/c1-12-11-14(9-10-15(12)16(17)19)18-13-7-5-3-2-4-6-8-13/h9-11,13,18H,2-8H2,1H3,(H2,17,19). The second-order valence-corrected chi connectivity index (χ2v) is 6.02. The molecule has 0 heterocycles. The Kier molecular flexibility index (Phi) is 5.20. The van der Waals surface area contributed by atoms with E-state index < -0.39 is 0 Å². The van der Waals surface area contributed by atoms with Gasteiger partial charge in [0.1, 0.15) is 4.99 Å². The van der Waals surface area contributed by atoms with Gasteiger partial charge in [0.25, 0.3) is 0 Å². The van der Waals surface area contributed by atoms with E-state index in [-0.39, 0.29) is 0 Å². The lowest BCUT2D eigenvalue weighted by molar-refractivity contribution is 0.471. The summed E-state index contributed by atoms with van der Waals surface area (Å²) in [7, 11) is 0. The normalized spacial score (nSPS) is 17.5. The molecule has 0 spiro atoms. The summed E-state index contributed by atoms with van der Waals surface area (Å²) in [5.74, 6) is 0. The smallest absolute Gasteiger partial charge is 0.104 e. The van der Waals surface area contributed by atoms with E-state index >= 15 is 0 Å². The van der Waals surface area contributed by atoms with Gasteiger partial charge < -0.3 is 11.1 Å². The average molecular weight is 276 g/mol. The molecule has 1 fully saturated rings. The molecule has 0 saturated heterocycles. The van der Waals surface area contributed by atoms with Gasteiger partial charge >= 0.3 is 0 Å². The van der Waals surface area contributed by atoms with E-state index in [0.717, 1.165) is 11.1 Å². The molecule has 0 bridgehead atoms. The van der Waals surface area contributed by atoms with Crippen molar-refractivity contribution < 1.29 is 0 Å². The van der Waals surface area contributed by atoms with Crippen LogP contribution in [0.25, 0.3) is 0 Å². The quantitative estimate of drug-likeness (QED) is 0.814. The molecule has 2 nitrogen and oxygen atoms in total. The zero-order valence-corrected chi connectivity index (χ0v) is 12.6. The average Bonchev–Trinajstić information content (AvgIpc) is 2.32. The van der Waals surface area contributed by atoms with Crippen LogP contribution < -0.4 is 11.1 Å². The van der Waals surface area contributed by atoms with Gasteiger partial charge in [-0.2, -0.15) is 0 Å². The van der Waals surface area contributed by atoms with Crippen molar-refractivity contribution in [1.82, 2.24) is 0 Å². The number of hydrogen-bond acceptors (Lipinski definition) is 2. The van der Waals surface area contributed by atoms with Crippen LogP contribution in [0.3, 0.4) is 0 Å². The number of benzene rings is 1. The third kappa shape index (κ3) is 4.20. The zero-order valence-electron chi connectivity index (χ0n) is 11.7. The molecule has 104 valence electrons. The van der Waals surface area contributed by atoms with Crippen molar-refractivity contribution >= 4 is 22.9 Å². The summed E-state index contributed by atoms with van der Waals surface area (Å²) in [4.78, 5) is 0.481. The highest BCUT2D eigenvalue weighted by atomic mass is 32.1. The summed E-state index contributed by atoms with van der Waals surface area (Å²) in [6.07, 6.45) is 9.46. The summed E-state index contributed by atoms with van der Waals surface area (Å²) in [5.41, 5.74) is 9.04. The first-order valence-corrected chi connectivity index (χ1v) is 7.74. The molecular formula is C16H24N2S. The van der Waals surface area contributed by atoms with Gasteiger partial charge in [-0.05, 0) is 43.5 Å². The molecule has 0 radical (unpaired) electrons. The first-order valence-electron chi connectivity index (χ1n) is 7.34. The third-order valence-corrected chi connectivity index (χ3v) is 4.19. The summed E-state index contributed by atoms with van der Waals surface area (Å²) in [6, 6.07) is 6.91. The molecule has 0 atom stereocenters. The van der Waals surface area contributed by atoms with E-state index in [1.807, 2.05) is 6.07 Å². The van der Waals surface area contributed by atoms with Gasteiger partial charge in [0, 0.05) is 17.3 Å². The second kappa shape index (κ2) is 6.90. The Hall–Kier alpha value is -1.09. The van der Waals surface area contributed by atoms with Crippen LogP contribution >= 0.6 is 12.2 Å². The Bertz CT molecular complexity index is 434. The summed E-state index contributed by atoms with van der Waals surface area (Å²) < 4.78 is 0. The van der Waals surface area contributed by atoms with Crippen molar-refractivity contribution in [3.05, 3.63) is 29.3 Å². The van der Waals surface area contributed by atoms with Gasteiger partial charge in [-0.1, -0.05) is 44.3 Å². The van der Waals surface area contributed by atoms with Crippen molar-refractivity contribution in [2.24, 2.45) is 5.73 Å². The van der Waals surface area contributed by atoms with E-state index in [4.69, 9.17) is 18.0 Å². The number of nitrogens with one attached hydrogen (secondary N) is 1. The maximum absolute atomic E-state index is 5.70. The van der Waals surface area contributed by atoms with E-state index in [1.54, 1.807) is 0 Å². The Labute approximate surface area is 121 Å². The Morgan fingerprint density at radius 1 is 1.16 bits per heavy atom. The van der Waals surface area contributed by atoms with Crippen LogP contribution in [-0.4, -0.2) is 11.0 Å². The molecule has 0 aliphatic heterocycles. The van der Waals surface area contributed by atoms with Crippen molar-refractivity contribution in [2.75, 3.05) is 5.32 Å². The lowest BCUT2D eigenvalue weighted by Crippen LogP contribution is -2.21. The Morgan fingerprint density at radius 3 is 2.37 bits per heavy atom. The SMILES string of the molecule is Cc1cc(NC2CCCCCCC2)ccc1C(N)=S. The van der Waals surface area contributed by atoms with Gasteiger partial charge in [-0.15, -0.1) is 0 Å². The molecule has 1 saturated carbocycles. The number of anilines is 1. The molecule has 1 aromatic carbocycles. The first kappa shape index (κ1) is 14.3.